The van der Waals surface area contributed by atoms with Crippen molar-refractivity contribution >= 4 is 11.7 Å². The van der Waals surface area contributed by atoms with Crippen LogP contribution >= 0.6 is 0 Å². The fraction of sp³-hybridized carbons (Fsp3) is 0.897. The van der Waals surface area contributed by atoms with Gasteiger partial charge in [0.2, 0.25) is 0 Å². The molecule has 0 radical (unpaired) electrons. The first-order valence-corrected chi connectivity index (χ1v) is 18.3. The van der Waals surface area contributed by atoms with Crippen molar-refractivity contribution in [3.8, 4) is 11.8 Å². The van der Waals surface area contributed by atoms with Crippen molar-refractivity contribution in [3.05, 3.63) is 0 Å². The molecule has 3 N–H and O–H groups in total. The minimum atomic E-state index is -1.80. The van der Waals surface area contributed by atoms with Crippen LogP contribution in [0.4, 0.5) is 4.39 Å². The number of carbonyl (C=O) groups excluding carboxylic acids is 1. The SMILES string of the molecule is CC.CC#CC.CC[C@H]1OC(=O)C(C)[C@@H](O[C@@H]2CC(C)[C@H](O)[C@](C)(OC)C2)[C@H](C)C[C@](C)(OC)C[C@@H](C)C(=NCCF)C(C)C(O)[C@]1(C)O. The number of ether oxygens (including phenoxy) is 4. The lowest BCUT2D eigenvalue weighted by Crippen LogP contribution is -2.56. The molecule has 2 fully saturated rings. The maximum atomic E-state index is 13.8. The first-order chi connectivity index (χ1) is 22.8. The third-order valence-electron chi connectivity index (χ3n) is 10.6. The summed E-state index contributed by atoms with van der Waals surface area (Å²) in [6.07, 6.45) is -1.40. The van der Waals surface area contributed by atoms with Crippen LogP contribution in [0.1, 0.15) is 122 Å². The first-order valence-electron chi connectivity index (χ1n) is 18.3. The highest BCUT2D eigenvalue weighted by atomic mass is 19.1. The molecule has 4 unspecified atom stereocenters. The number of methoxy groups -OCH3 is 2. The smallest absolute Gasteiger partial charge is 0.311 e. The molecule has 9 nitrogen and oxygen atoms in total. The lowest BCUT2D eigenvalue weighted by Gasteiger charge is -2.47. The van der Waals surface area contributed by atoms with Crippen LogP contribution in [-0.4, -0.2) is 102 Å². The standard InChI is InChI=1S/C33H60FNO8.C4H6.C2H6/c1-12-25-33(9,39)29(37)22(5)26(35-14-13-34)20(3)16-31(7,40-10)17-21(4)27(23(6)30(38)43-25)42-24-15-19(2)28(36)32(8,18-24)41-11;1-3-4-2;1-2/h19-25,27-29,36-37,39H,12-18H2,1-11H3;1-2H3;1-2H3/t19?,20-,21-,22?,23?,24-,25-,27+,28+,29?,31-,32-,33-;;/m1../s1. The molecule has 1 saturated carbocycles. The van der Waals surface area contributed by atoms with Gasteiger partial charge in [0, 0.05) is 32.3 Å². The van der Waals surface area contributed by atoms with E-state index in [0.29, 0.717) is 31.4 Å². The summed E-state index contributed by atoms with van der Waals surface area (Å²) < 4.78 is 37.8. The van der Waals surface area contributed by atoms with E-state index < -0.39 is 65.7 Å². The number of nitrogens with zero attached hydrogens (tertiary/aromatic N) is 1. The predicted molar refractivity (Wildman–Crippen MR) is 195 cm³/mol. The van der Waals surface area contributed by atoms with Crippen LogP contribution in [0.25, 0.3) is 0 Å². The van der Waals surface area contributed by atoms with E-state index in [2.05, 4.69) is 16.8 Å². The van der Waals surface area contributed by atoms with Gasteiger partial charge in [-0.15, -0.1) is 11.8 Å². The van der Waals surface area contributed by atoms with Crippen molar-refractivity contribution < 1.29 is 43.5 Å². The monoisotopic (exact) mass is 702 g/mol. The summed E-state index contributed by atoms with van der Waals surface area (Å²) in [4.78, 5) is 18.3. The minimum absolute atomic E-state index is 0.0481. The minimum Gasteiger partial charge on any atom is -0.459 e. The topological polar surface area (TPSA) is 127 Å². The average molecular weight is 702 g/mol. The second-order valence-electron chi connectivity index (χ2n) is 14.6. The fourth-order valence-electron chi connectivity index (χ4n) is 7.65. The summed E-state index contributed by atoms with van der Waals surface area (Å²) in [5.74, 6) is 3.07. The Kier molecular flexibility index (Phi) is 21.0. The second kappa shape index (κ2) is 21.7. The van der Waals surface area contributed by atoms with Gasteiger partial charge in [-0.3, -0.25) is 9.79 Å². The van der Waals surface area contributed by atoms with E-state index in [0.717, 1.165) is 0 Å². The van der Waals surface area contributed by atoms with E-state index in [-0.39, 0.29) is 36.8 Å². The molecule has 0 amide bonds. The van der Waals surface area contributed by atoms with E-state index in [1.165, 1.54) is 6.92 Å². The number of aliphatic hydroxyl groups excluding tert-OH is 2. The van der Waals surface area contributed by atoms with Crippen LogP contribution in [0.3, 0.4) is 0 Å². The highest BCUT2D eigenvalue weighted by Gasteiger charge is 2.49. The maximum Gasteiger partial charge on any atom is 0.311 e. The van der Waals surface area contributed by atoms with Crippen molar-refractivity contribution in [2.45, 2.75) is 169 Å². The van der Waals surface area contributed by atoms with Crippen molar-refractivity contribution in [1.29, 1.82) is 0 Å². The second-order valence-corrected chi connectivity index (χ2v) is 14.6. The number of carbonyl (C=O) groups is 1. The van der Waals surface area contributed by atoms with Crippen molar-refractivity contribution in [2.24, 2.45) is 34.6 Å². The first kappa shape index (κ1) is 47.4. The zero-order chi connectivity index (χ0) is 38.3. The Labute approximate surface area is 298 Å². The number of aliphatic hydroxyl groups is 3. The molecule has 0 aromatic heterocycles. The van der Waals surface area contributed by atoms with Gasteiger partial charge >= 0.3 is 5.97 Å². The van der Waals surface area contributed by atoms with Gasteiger partial charge in [0.25, 0.3) is 0 Å². The summed E-state index contributed by atoms with van der Waals surface area (Å²) >= 11 is 0. The normalized spacial score (nSPS) is 41.4. The van der Waals surface area contributed by atoms with E-state index in [9.17, 15) is 24.5 Å². The molecule has 2 aliphatic rings. The predicted octanol–water partition coefficient (Wildman–Crippen LogP) is 6.58. The van der Waals surface area contributed by atoms with Gasteiger partial charge < -0.3 is 34.3 Å². The molecule has 1 aliphatic carbocycles. The Morgan fingerprint density at radius 1 is 0.918 bits per heavy atom. The van der Waals surface area contributed by atoms with Crippen molar-refractivity contribution in [3.63, 3.8) is 0 Å². The quantitative estimate of drug-likeness (QED) is 0.201. The third-order valence-corrected chi connectivity index (χ3v) is 10.6. The molecule has 288 valence electrons. The van der Waals surface area contributed by atoms with Crippen LogP contribution in [0, 0.1) is 41.4 Å². The van der Waals surface area contributed by atoms with Gasteiger partial charge in [-0.1, -0.05) is 48.5 Å². The zero-order valence-electron chi connectivity index (χ0n) is 33.4. The van der Waals surface area contributed by atoms with E-state index in [4.69, 9.17) is 18.9 Å². The lowest BCUT2D eigenvalue weighted by molar-refractivity contribution is -0.203. The third kappa shape index (κ3) is 12.8. The van der Waals surface area contributed by atoms with Crippen LogP contribution in [0.5, 0.6) is 0 Å². The van der Waals surface area contributed by atoms with Gasteiger partial charge in [0.05, 0.1) is 48.1 Å². The van der Waals surface area contributed by atoms with Crippen LogP contribution < -0.4 is 0 Å². The average Bonchev–Trinajstić information content (AvgIpc) is 3.07. The number of hydrogen-bond donors (Lipinski definition) is 3. The lowest BCUT2D eigenvalue weighted by atomic mass is 9.74. The Bertz CT molecular complexity index is 1050. The molecule has 10 heteroatoms. The van der Waals surface area contributed by atoms with Crippen molar-refractivity contribution in [1.82, 2.24) is 0 Å². The Balaban J connectivity index is 0.00000356. The molecular weight excluding hydrogens is 629 g/mol. The summed E-state index contributed by atoms with van der Waals surface area (Å²) in [6, 6.07) is 0. The number of hydrogen-bond acceptors (Lipinski definition) is 9. The molecule has 0 aromatic carbocycles. The Morgan fingerprint density at radius 2 is 1.49 bits per heavy atom. The van der Waals surface area contributed by atoms with Crippen LogP contribution in [0.15, 0.2) is 4.99 Å². The molecule has 2 rings (SSSR count). The van der Waals surface area contributed by atoms with Gasteiger partial charge in [-0.05, 0) is 85.0 Å². The molecule has 1 aliphatic heterocycles. The number of cyclic esters (lactones) is 1. The fourth-order valence-corrected chi connectivity index (χ4v) is 7.65. The molecule has 1 saturated heterocycles. The van der Waals surface area contributed by atoms with Gasteiger partial charge in [-0.2, -0.15) is 0 Å². The van der Waals surface area contributed by atoms with E-state index >= 15 is 0 Å². The molecule has 13 atom stereocenters. The summed E-state index contributed by atoms with van der Waals surface area (Å²) in [7, 11) is 3.24. The number of halogens is 1. The van der Waals surface area contributed by atoms with Crippen LogP contribution in [0.2, 0.25) is 0 Å². The van der Waals surface area contributed by atoms with E-state index in [1.807, 2.05) is 62.3 Å². The van der Waals surface area contributed by atoms with Gasteiger partial charge in [-0.25, -0.2) is 4.39 Å². The highest BCUT2D eigenvalue weighted by molar-refractivity contribution is 5.89. The summed E-state index contributed by atoms with van der Waals surface area (Å²) in [5, 5.41) is 33.9. The Hall–Kier alpha value is -1.61. The van der Waals surface area contributed by atoms with Crippen molar-refractivity contribution in [2.75, 3.05) is 27.4 Å². The number of esters is 1. The maximum absolute atomic E-state index is 13.8. The van der Waals surface area contributed by atoms with Gasteiger partial charge in [0.15, 0.2) is 0 Å². The van der Waals surface area contributed by atoms with Crippen LogP contribution in [-0.2, 0) is 23.7 Å². The molecule has 1 heterocycles. The van der Waals surface area contributed by atoms with Gasteiger partial charge in [0.1, 0.15) is 18.4 Å². The largest absolute Gasteiger partial charge is 0.459 e. The molecule has 0 bridgehead atoms. The number of rotatable bonds is 7. The number of aliphatic imine (C=N–C) groups is 1. The molecular formula is C39H72FNO8. The highest BCUT2D eigenvalue weighted by Crippen LogP contribution is 2.41. The number of alkyl halides is 1. The Morgan fingerprint density at radius 3 is 1.96 bits per heavy atom. The molecule has 0 aromatic rings. The zero-order valence-corrected chi connectivity index (χ0v) is 33.4. The summed E-state index contributed by atoms with van der Waals surface area (Å²) in [5.41, 5.74) is -2.66. The van der Waals surface area contributed by atoms with E-state index in [1.54, 1.807) is 35.0 Å². The summed E-state index contributed by atoms with van der Waals surface area (Å²) in [6.45, 7) is 23.6. The molecule has 0 spiro atoms. The molecule has 49 heavy (non-hydrogen) atoms.